The minimum Gasteiger partial charge on any atom is -0.494 e. The van der Waals surface area contributed by atoms with Crippen LogP contribution in [-0.4, -0.2) is 33.7 Å². The molecule has 26 heavy (non-hydrogen) atoms. The zero-order valence-corrected chi connectivity index (χ0v) is 15.1. The van der Waals surface area contributed by atoms with Gasteiger partial charge in [0.15, 0.2) is 0 Å². The molecule has 1 saturated heterocycles. The van der Waals surface area contributed by atoms with Crippen LogP contribution in [0.4, 0.5) is 15.8 Å². The van der Waals surface area contributed by atoms with Crippen molar-refractivity contribution in [1.82, 2.24) is 0 Å². The van der Waals surface area contributed by atoms with Gasteiger partial charge in [-0.25, -0.2) is 12.8 Å². The second-order valence-electron chi connectivity index (χ2n) is 5.94. The van der Waals surface area contributed by atoms with E-state index in [4.69, 9.17) is 4.74 Å². The number of hydrogen-bond donors (Lipinski definition) is 1. The summed E-state index contributed by atoms with van der Waals surface area (Å²) in [5.41, 5.74) is 1.22. The number of sulfonamides is 1. The smallest absolute Gasteiger partial charge is 0.255 e. The van der Waals surface area contributed by atoms with E-state index in [1.165, 1.54) is 35.7 Å². The number of carbonyl (C=O) groups is 1. The topological polar surface area (TPSA) is 75.7 Å². The van der Waals surface area contributed by atoms with Gasteiger partial charge in [-0.1, -0.05) is 0 Å². The van der Waals surface area contributed by atoms with Crippen LogP contribution in [0.15, 0.2) is 42.5 Å². The predicted octanol–water partition coefficient (Wildman–Crippen LogP) is 3.02. The Morgan fingerprint density at radius 3 is 2.54 bits per heavy atom. The minimum atomic E-state index is -3.36. The van der Waals surface area contributed by atoms with Crippen molar-refractivity contribution in [2.75, 3.05) is 29.0 Å². The molecule has 0 unspecified atom stereocenters. The van der Waals surface area contributed by atoms with Crippen molar-refractivity contribution in [3.63, 3.8) is 0 Å². The minimum absolute atomic E-state index is 0.110. The van der Waals surface area contributed by atoms with Gasteiger partial charge in [-0.3, -0.25) is 9.10 Å². The molecule has 1 aliphatic rings. The van der Waals surface area contributed by atoms with E-state index in [0.717, 1.165) is 6.42 Å². The van der Waals surface area contributed by atoms with E-state index >= 15 is 0 Å². The van der Waals surface area contributed by atoms with Crippen molar-refractivity contribution in [2.45, 2.75) is 12.8 Å². The van der Waals surface area contributed by atoms with Crippen molar-refractivity contribution in [3.8, 4) is 5.75 Å². The molecule has 1 amide bonds. The van der Waals surface area contributed by atoms with E-state index in [9.17, 15) is 17.6 Å². The molecule has 1 fully saturated rings. The third-order valence-electron chi connectivity index (χ3n) is 4.16. The van der Waals surface area contributed by atoms with Gasteiger partial charge in [-0.15, -0.1) is 0 Å². The molecular weight excluding hydrogens is 359 g/mol. The quantitative estimate of drug-likeness (QED) is 0.887. The second kappa shape index (κ2) is 7.33. The Bertz CT molecular complexity index is 913. The number of ether oxygens (including phenoxy) is 1. The Kier molecular flexibility index (Phi) is 5.13. The first kappa shape index (κ1) is 18.2. The Balaban J connectivity index is 1.84. The number of methoxy groups -OCH3 is 1. The standard InChI is InChI=1S/C18H19FN2O4S/c1-25-17-12-15(20-18(22)13-4-6-14(19)7-5-13)8-9-16(17)21-10-2-3-11-26(21,23)24/h4-9,12H,2-3,10-11H2,1H3,(H,20,22). The van der Waals surface area contributed by atoms with E-state index in [-0.39, 0.29) is 5.75 Å². The fourth-order valence-electron chi connectivity index (χ4n) is 2.83. The van der Waals surface area contributed by atoms with Crippen LogP contribution >= 0.6 is 0 Å². The third kappa shape index (κ3) is 3.80. The molecule has 2 aromatic carbocycles. The molecule has 1 heterocycles. The maximum atomic E-state index is 13.0. The molecule has 0 atom stereocenters. The monoisotopic (exact) mass is 378 g/mol. The van der Waals surface area contributed by atoms with E-state index in [0.29, 0.717) is 35.7 Å². The van der Waals surface area contributed by atoms with E-state index < -0.39 is 21.7 Å². The maximum absolute atomic E-state index is 13.0. The van der Waals surface area contributed by atoms with Crippen LogP contribution in [0.5, 0.6) is 5.75 Å². The van der Waals surface area contributed by atoms with Gasteiger partial charge in [0.2, 0.25) is 10.0 Å². The summed E-state index contributed by atoms with van der Waals surface area (Å²) >= 11 is 0. The van der Waals surface area contributed by atoms with Crippen LogP contribution in [-0.2, 0) is 10.0 Å². The number of nitrogens with zero attached hydrogens (tertiary/aromatic N) is 1. The lowest BCUT2D eigenvalue weighted by molar-refractivity contribution is 0.102. The molecule has 0 radical (unpaired) electrons. The lowest BCUT2D eigenvalue weighted by atomic mass is 10.2. The molecule has 3 rings (SSSR count). The molecule has 0 aromatic heterocycles. The first-order valence-corrected chi connectivity index (χ1v) is 9.77. The number of benzene rings is 2. The Morgan fingerprint density at radius 2 is 1.88 bits per heavy atom. The molecule has 0 bridgehead atoms. The van der Waals surface area contributed by atoms with Crippen LogP contribution in [0, 0.1) is 5.82 Å². The third-order valence-corrected chi connectivity index (χ3v) is 6.02. The molecule has 0 aliphatic carbocycles. The first-order valence-electron chi connectivity index (χ1n) is 8.16. The van der Waals surface area contributed by atoms with Crippen molar-refractivity contribution in [1.29, 1.82) is 0 Å². The molecule has 6 nitrogen and oxygen atoms in total. The predicted molar refractivity (Wildman–Crippen MR) is 97.7 cm³/mol. The van der Waals surface area contributed by atoms with E-state index in [2.05, 4.69) is 5.32 Å². The number of hydrogen-bond acceptors (Lipinski definition) is 4. The molecule has 0 saturated carbocycles. The van der Waals surface area contributed by atoms with Crippen LogP contribution in [0.25, 0.3) is 0 Å². The summed E-state index contributed by atoms with van der Waals surface area (Å²) in [6, 6.07) is 9.99. The van der Waals surface area contributed by atoms with Crippen LogP contribution in [0.2, 0.25) is 0 Å². The van der Waals surface area contributed by atoms with Crippen molar-refractivity contribution in [3.05, 3.63) is 53.8 Å². The van der Waals surface area contributed by atoms with Gasteiger partial charge in [0.25, 0.3) is 5.91 Å². The summed E-state index contributed by atoms with van der Waals surface area (Å²) in [4.78, 5) is 12.2. The largest absolute Gasteiger partial charge is 0.494 e. The zero-order chi connectivity index (χ0) is 18.7. The van der Waals surface area contributed by atoms with Crippen molar-refractivity contribution in [2.24, 2.45) is 0 Å². The van der Waals surface area contributed by atoms with Crippen molar-refractivity contribution >= 4 is 27.3 Å². The molecule has 138 valence electrons. The number of amides is 1. The SMILES string of the molecule is COc1cc(NC(=O)c2ccc(F)cc2)ccc1N1CCCCS1(=O)=O. The lowest BCUT2D eigenvalue weighted by Crippen LogP contribution is -2.38. The van der Waals surface area contributed by atoms with E-state index in [1.54, 1.807) is 18.2 Å². The summed E-state index contributed by atoms with van der Waals surface area (Å²) in [5, 5.41) is 2.69. The molecule has 1 aliphatic heterocycles. The first-order chi connectivity index (χ1) is 12.4. The lowest BCUT2D eigenvalue weighted by Gasteiger charge is -2.29. The average molecular weight is 378 g/mol. The Hall–Kier alpha value is -2.61. The molecule has 1 N–H and O–H groups in total. The molecule has 2 aromatic rings. The van der Waals surface area contributed by atoms with Gasteiger partial charge >= 0.3 is 0 Å². The van der Waals surface area contributed by atoms with Gasteiger partial charge in [0.1, 0.15) is 11.6 Å². The molecular formula is C18H19FN2O4S. The fourth-order valence-corrected chi connectivity index (χ4v) is 4.47. The zero-order valence-electron chi connectivity index (χ0n) is 14.2. The van der Waals surface area contributed by atoms with Crippen LogP contribution < -0.4 is 14.4 Å². The summed E-state index contributed by atoms with van der Waals surface area (Å²) < 4.78 is 44.2. The number of carbonyl (C=O) groups excluding carboxylic acids is 1. The van der Waals surface area contributed by atoms with Gasteiger partial charge in [0, 0.05) is 23.9 Å². The number of rotatable bonds is 4. The van der Waals surface area contributed by atoms with Crippen molar-refractivity contribution < 1.29 is 22.3 Å². The number of nitrogens with one attached hydrogen (secondary N) is 1. The molecule has 0 spiro atoms. The molecule has 8 heteroatoms. The van der Waals surface area contributed by atoms with Crippen LogP contribution in [0.1, 0.15) is 23.2 Å². The van der Waals surface area contributed by atoms with Gasteiger partial charge in [-0.05, 0) is 49.2 Å². The highest BCUT2D eigenvalue weighted by atomic mass is 32.2. The number of halogens is 1. The highest BCUT2D eigenvalue weighted by molar-refractivity contribution is 7.92. The number of anilines is 2. The van der Waals surface area contributed by atoms with Gasteiger partial charge in [-0.2, -0.15) is 0 Å². The van der Waals surface area contributed by atoms with Gasteiger partial charge in [0.05, 0.1) is 18.6 Å². The van der Waals surface area contributed by atoms with Gasteiger partial charge < -0.3 is 10.1 Å². The average Bonchev–Trinajstić information content (AvgIpc) is 2.62. The summed E-state index contributed by atoms with van der Waals surface area (Å²) in [7, 11) is -1.92. The van der Waals surface area contributed by atoms with Crippen LogP contribution in [0.3, 0.4) is 0 Å². The normalized spacial score (nSPS) is 16.2. The van der Waals surface area contributed by atoms with E-state index in [1.807, 2.05) is 0 Å². The summed E-state index contributed by atoms with van der Waals surface area (Å²) in [6.45, 7) is 0.403. The summed E-state index contributed by atoms with van der Waals surface area (Å²) in [5.74, 6) is -0.354. The fraction of sp³-hybridized carbons (Fsp3) is 0.278. The second-order valence-corrected chi connectivity index (χ2v) is 7.96. The maximum Gasteiger partial charge on any atom is 0.255 e. The summed E-state index contributed by atoms with van der Waals surface area (Å²) in [6.07, 6.45) is 1.43. The Morgan fingerprint density at radius 1 is 1.15 bits per heavy atom. The Labute approximate surface area is 151 Å². The highest BCUT2D eigenvalue weighted by Gasteiger charge is 2.28. The highest BCUT2D eigenvalue weighted by Crippen LogP contribution is 2.34.